The number of nitrogens with zero attached hydrogens (tertiary/aromatic N) is 1. The maximum absolute atomic E-state index is 5.73. The summed E-state index contributed by atoms with van der Waals surface area (Å²) >= 11 is 2.09. The molecule has 3 nitrogen and oxygen atoms in total. The molecule has 1 aromatic rings. The average molecular weight is 311 g/mol. The SMILES string of the molecule is CC(C)CNCc1coc(CN2CCSC(C)(C)CC2)c1. The third-order valence-corrected chi connectivity index (χ3v) is 5.27. The van der Waals surface area contributed by atoms with Crippen LogP contribution in [0.3, 0.4) is 0 Å². The molecule has 120 valence electrons. The van der Waals surface area contributed by atoms with Gasteiger partial charge in [0.25, 0.3) is 0 Å². The number of rotatable bonds is 6. The van der Waals surface area contributed by atoms with Crippen molar-refractivity contribution in [3.8, 4) is 0 Å². The predicted octanol–water partition coefficient (Wildman–Crippen LogP) is 3.74. The van der Waals surface area contributed by atoms with Crippen molar-refractivity contribution in [2.45, 2.75) is 52.0 Å². The van der Waals surface area contributed by atoms with Gasteiger partial charge in [0, 0.05) is 29.2 Å². The molecule has 0 saturated carbocycles. The van der Waals surface area contributed by atoms with Crippen LogP contribution in [0.1, 0.15) is 45.4 Å². The summed E-state index contributed by atoms with van der Waals surface area (Å²) < 4.78 is 6.15. The standard InChI is InChI=1S/C17H30N2OS/c1-14(2)10-18-11-15-9-16(20-13-15)12-19-6-5-17(3,4)21-8-7-19/h9,13-14,18H,5-8,10-12H2,1-4H3. The van der Waals surface area contributed by atoms with Crippen LogP contribution < -0.4 is 5.32 Å². The molecule has 0 unspecified atom stereocenters. The van der Waals surface area contributed by atoms with Crippen LogP contribution in [0.15, 0.2) is 16.7 Å². The Kier molecular flexibility index (Phi) is 6.20. The minimum atomic E-state index is 0.420. The molecule has 1 saturated heterocycles. The lowest BCUT2D eigenvalue weighted by molar-refractivity contribution is 0.253. The molecular weight excluding hydrogens is 280 g/mol. The van der Waals surface area contributed by atoms with Crippen molar-refractivity contribution in [3.05, 3.63) is 23.7 Å². The zero-order valence-corrected chi connectivity index (χ0v) is 14.8. The fraction of sp³-hybridized carbons (Fsp3) is 0.765. The maximum atomic E-state index is 5.73. The fourth-order valence-corrected chi connectivity index (χ4v) is 3.69. The molecule has 0 bridgehead atoms. The first kappa shape index (κ1) is 16.9. The largest absolute Gasteiger partial charge is 0.468 e. The summed E-state index contributed by atoms with van der Waals surface area (Å²) in [6.45, 7) is 14.4. The molecule has 1 aliphatic rings. The number of thioether (sulfide) groups is 1. The minimum Gasteiger partial charge on any atom is -0.468 e. The Morgan fingerprint density at radius 1 is 1.38 bits per heavy atom. The van der Waals surface area contributed by atoms with Gasteiger partial charge in [-0.25, -0.2) is 0 Å². The summed E-state index contributed by atoms with van der Waals surface area (Å²) in [5.41, 5.74) is 1.26. The summed E-state index contributed by atoms with van der Waals surface area (Å²) in [5.74, 6) is 3.01. The Hall–Kier alpha value is -0.450. The molecular formula is C17H30N2OS. The van der Waals surface area contributed by atoms with E-state index in [2.05, 4.69) is 55.7 Å². The van der Waals surface area contributed by atoms with Crippen LogP contribution in [-0.4, -0.2) is 35.0 Å². The van der Waals surface area contributed by atoms with Crippen LogP contribution in [0, 0.1) is 5.92 Å². The third-order valence-electron chi connectivity index (χ3n) is 3.90. The van der Waals surface area contributed by atoms with Gasteiger partial charge in [0.2, 0.25) is 0 Å². The first-order chi connectivity index (χ1) is 9.94. The second-order valence-electron chi connectivity index (χ2n) is 7.08. The van der Waals surface area contributed by atoms with Gasteiger partial charge in [0.15, 0.2) is 0 Å². The van der Waals surface area contributed by atoms with Crippen molar-refractivity contribution < 1.29 is 4.42 Å². The van der Waals surface area contributed by atoms with E-state index in [-0.39, 0.29) is 0 Å². The molecule has 0 atom stereocenters. The van der Waals surface area contributed by atoms with Gasteiger partial charge in [-0.1, -0.05) is 27.7 Å². The summed E-state index contributed by atoms with van der Waals surface area (Å²) in [7, 11) is 0. The second-order valence-corrected chi connectivity index (χ2v) is 8.88. The van der Waals surface area contributed by atoms with E-state index in [1.165, 1.54) is 24.3 Å². The number of hydrogen-bond donors (Lipinski definition) is 1. The van der Waals surface area contributed by atoms with Gasteiger partial charge in [-0.15, -0.1) is 0 Å². The Balaban J connectivity index is 1.79. The summed E-state index contributed by atoms with van der Waals surface area (Å²) in [6.07, 6.45) is 3.15. The van der Waals surface area contributed by atoms with E-state index in [0.29, 0.717) is 10.7 Å². The smallest absolute Gasteiger partial charge is 0.118 e. The Morgan fingerprint density at radius 3 is 2.95 bits per heavy atom. The molecule has 21 heavy (non-hydrogen) atoms. The molecule has 1 aromatic heterocycles. The van der Waals surface area contributed by atoms with Crippen molar-refractivity contribution in [2.75, 3.05) is 25.4 Å². The molecule has 4 heteroatoms. The summed E-state index contributed by atoms with van der Waals surface area (Å²) in [5, 5.41) is 3.46. The lowest BCUT2D eigenvalue weighted by Gasteiger charge is -2.21. The van der Waals surface area contributed by atoms with Gasteiger partial charge in [-0.3, -0.25) is 4.90 Å². The topological polar surface area (TPSA) is 28.4 Å². The van der Waals surface area contributed by atoms with Gasteiger partial charge < -0.3 is 9.73 Å². The van der Waals surface area contributed by atoms with Crippen LogP contribution in [0.25, 0.3) is 0 Å². The van der Waals surface area contributed by atoms with Crippen LogP contribution in [0.5, 0.6) is 0 Å². The quantitative estimate of drug-likeness (QED) is 0.866. The minimum absolute atomic E-state index is 0.420. The lowest BCUT2D eigenvalue weighted by atomic mass is 10.1. The van der Waals surface area contributed by atoms with Crippen molar-refractivity contribution in [2.24, 2.45) is 5.92 Å². The van der Waals surface area contributed by atoms with Crippen LogP contribution in [0.2, 0.25) is 0 Å². The lowest BCUT2D eigenvalue weighted by Crippen LogP contribution is -2.26. The van der Waals surface area contributed by atoms with Gasteiger partial charge in [0.1, 0.15) is 5.76 Å². The molecule has 0 radical (unpaired) electrons. The number of hydrogen-bond acceptors (Lipinski definition) is 4. The Morgan fingerprint density at radius 2 is 2.19 bits per heavy atom. The summed E-state index contributed by atoms with van der Waals surface area (Å²) in [6, 6.07) is 2.20. The first-order valence-corrected chi connectivity index (χ1v) is 9.06. The molecule has 1 fully saturated rings. The highest BCUT2D eigenvalue weighted by Gasteiger charge is 2.23. The van der Waals surface area contributed by atoms with Crippen molar-refractivity contribution in [3.63, 3.8) is 0 Å². The zero-order chi connectivity index (χ0) is 15.3. The van der Waals surface area contributed by atoms with Gasteiger partial charge >= 0.3 is 0 Å². The number of furan rings is 1. The van der Waals surface area contributed by atoms with Gasteiger partial charge in [0.05, 0.1) is 12.8 Å². The average Bonchev–Trinajstić information content (AvgIpc) is 2.75. The Bertz CT molecular complexity index is 428. The molecule has 1 aliphatic heterocycles. The predicted molar refractivity (Wildman–Crippen MR) is 91.7 cm³/mol. The monoisotopic (exact) mass is 310 g/mol. The highest BCUT2D eigenvalue weighted by molar-refractivity contribution is 8.00. The van der Waals surface area contributed by atoms with E-state index in [4.69, 9.17) is 4.42 Å². The van der Waals surface area contributed by atoms with E-state index in [1.54, 1.807) is 0 Å². The van der Waals surface area contributed by atoms with Crippen LogP contribution >= 0.6 is 11.8 Å². The normalized spacial score (nSPS) is 19.9. The van der Waals surface area contributed by atoms with E-state index >= 15 is 0 Å². The molecule has 1 N–H and O–H groups in total. The first-order valence-electron chi connectivity index (χ1n) is 8.08. The Labute approximate surface area is 133 Å². The van der Waals surface area contributed by atoms with E-state index in [9.17, 15) is 0 Å². The zero-order valence-electron chi connectivity index (χ0n) is 13.9. The molecule has 0 aliphatic carbocycles. The fourth-order valence-electron chi connectivity index (χ4n) is 2.55. The maximum Gasteiger partial charge on any atom is 0.118 e. The third kappa shape index (κ3) is 6.05. The highest BCUT2D eigenvalue weighted by Crippen LogP contribution is 2.31. The number of nitrogens with one attached hydrogen (secondary N) is 1. The van der Waals surface area contributed by atoms with Crippen LogP contribution in [0.4, 0.5) is 0 Å². The van der Waals surface area contributed by atoms with Crippen molar-refractivity contribution in [1.82, 2.24) is 10.2 Å². The highest BCUT2D eigenvalue weighted by atomic mass is 32.2. The van der Waals surface area contributed by atoms with E-state index in [1.807, 2.05) is 6.26 Å². The molecule has 0 amide bonds. The molecule has 2 heterocycles. The summed E-state index contributed by atoms with van der Waals surface area (Å²) in [4.78, 5) is 2.52. The molecule has 0 aromatic carbocycles. The van der Waals surface area contributed by atoms with E-state index in [0.717, 1.165) is 31.9 Å². The molecule has 0 spiro atoms. The van der Waals surface area contributed by atoms with Crippen molar-refractivity contribution >= 4 is 11.8 Å². The molecule has 2 rings (SSSR count). The van der Waals surface area contributed by atoms with Crippen molar-refractivity contribution in [1.29, 1.82) is 0 Å². The van der Waals surface area contributed by atoms with Gasteiger partial charge in [-0.2, -0.15) is 11.8 Å². The van der Waals surface area contributed by atoms with Crippen LogP contribution in [-0.2, 0) is 13.1 Å². The van der Waals surface area contributed by atoms with E-state index < -0.39 is 0 Å². The second kappa shape index (κ2) is 7.70. The van der Waals surface area contributed by atoms with Gasteiger partial charge in [-0.05, 0) is 31.5 Å².